The van der Waals surface area contributed by atoms with Crippen LogP contribution in [0.25, 0.3) is 0 Å². The first-order valence-electron chi connectivity index (χ1n) is 5.98. The normalized spacial score (nSPS) is 13.8. The van der Waals surface area contributed by atoms with E-state index in [1.807, 2.05) is 13.0 Å². The second-order valence-electron chi connectivity index (χ2n) is 6.03. The van der Waals surface area contributed by atoms with E-state index in [-0.39, 0.29) is 5.78 Å². The number of carbonyl (C=O) groups is 1. The summed E-state index contributed by atoms with van der Waals surface area (Å²) >= 11 is 5.04. The Labute approximate surface area is 117 Å². The number of hydrogen-bond acceptors (Lipinski definition) is 2. The van der Waals surface area contributed by atoms with Crippen LogP contribution in [0.5, 0.6) is 0 Å². The number of rotatable bonds is 4. The van der Waals surface area contributed by atoms with Crippen molar-refractivity contribution in [3.05, 3.63) is 20.3 Å². The number of ketones is 1. The molecular formula is C14H21BrOS. The Morgan fingerprint density at radius 3 is 2.47 bits per heavy atom. The molecule has 1 heterocycles. The molecule has 17 heavy (non-hydrogen) atoms. The van der Waals surface area contributed by atoms with Crippen LogP contribution < -0.4 is 0 Å². The molecule has 0 saturated heterocycles. The van der Waals surface area contributed by atoms with E-state index >= 15 is 0 Å². The second-order valence-corrected chi connectivity index (χ2v) is 8.14. The average molecular weight is 317 g/mol. The van der Waals surface area contributed by atoms with E-state index < -0.39 is 0 Å². The van der Waals surface area contributed by atoms with Gasteiger partial charge in [0.15, 0.2) is 5.78 Å². The molecule has 0 spiro atoms. The van der Waals surface area contributed by atoms with Crippen molar-refractivity contribution in [3.8, 4) is 0 Å². The minimum Gasteiger partial charge on any atom is -0.293 e. The Morgan fingerprint density at radius 2 is 2.06 bits per heavy atom. The largest absolute Gasteiger partial charge is 0.293 e. The van der Waals surface area contributed by atoms with Gasteiger partial charge in [0.2, 0.25) is 0 Å². The van der Waals surface area contributed by atoms with Crippen LogP contribution in [0.15, 0.2) is 10.5 Å². The molecule has 0 aromatic carbocycles. The van der Waals surface area contributed by atoms with Crippen LogP contribution in [-0.4, -0.2) is 5.78 Å². The molecule has 96 valence electrons. The molecule has 0 aliphatic rings. The number of halogens is 1. The lowest BCUT2D eigenvalue weighted by Crippen LogP contribution is -2.14. The van der Waals surface area contributed by atoms with E-state index in [1.54, 1.807) is 11.3 Å². The Bertz CT molecular complexity index is 401. The lowest BCUT2D eigenvalue weighted by atomic mass is 9.83. The topological polar surface area (TPSA) is 17.1 Å². The van der Waals surface area contributed by atoms with Crippen molar-refractivity contribution in [2.75, 3.05) is 0 Å². The summed E-state index contributed by atoms with van der Waals surface area (Å²) in [6.45, 7) is 10.9. The SMILES string of the molecule is Cc1cc(Br)c(C(=O)CC(C)CC(C)(C)C)s1. The van der Waals surface area contributed by atoms with Crippen LogP contribution in [0.3, 0.4) is 0 Å². The van der Waals surface area contributed by atoms with Crippen LogP contribution in [0.2, 0.25) is 0 Å². The molecule has 3 heteroatoms. The molecule has 1 aromatic heterocycles. The third-order valence-electron chi connectivity index (χ3n) is 2.56. The van der Waals surface area contributed by atoms with Gasteiger partial charge in [-0.1, -0.05) is 27.7 Å². The lowest BCUT2D eigenvalue weighted by molar-refractivity contribution is 0.0957. The molecule has 1 aromatic rings. The Balaban J connectivity index is 2.64. The first-order chi connectivity index (χ1) is 7.69. The molecule has 1 rings (SSSR count). The number of Topliss-reactive ketones (excluding diaryl/α,β-unsaturated/α-hetero) is 1. The predicted molar refractivity (Wildman–Crippen MR) is 78.9 cm³/mol. The van der Waals surface area contributed by atoms with Crippen LogP contribution in [-0.2, 0) is 0 Å². The van der Waals surface area contributed by atoms with Gasteiger partial charge in [-0.15, -0.1) is 11.3 Å². The highest BCUT2D eigenvalue weighted by Gasteiger charge is 2.20. The van der Waals surface area contributed by atoms with Gasteiger partial charge >= 0.3 is 0 Å². The quantitative estimate of drug-likeness (QED) is 0.674. The van der Waals surface area contributed by atoms with Gasteiger partial charge in [-0.25, -0.2) is 0 Å². The molecule has 0 N–H and O–H groups in total. The zero-order valence-electron chi connectivity index (χ0n) is 11.3. The van der Waals surface area contributed by atoms with E-state index in [9.17, 15) is 4.79 Å². The molecule has 1 atom stereocenters. The monoisotopic (exact) mass is 316 g/mol. The summed E-state index contributed by atoms with van der Waals surface area (Å²) in [5.74, 6) is 0.712. The Kier molecular flexibility index (Phi) is 4.96. The summed E-state index contributed by atoms with van der Waals surface area (Å²) in [5.41, 5.74) is 0.294. The molecule has 0 bridgehead atoms. The summed E-state index contributed by atoms with van der Waals surface area (Å²) in [6.07, 6.45) is 1.73. The number of hydrogen-bond donors (Lipinski definition) is 0. The molecule has 0 aliphatic carbocycles. The van der Waals surface area contributed by atoms with E-state index in [2.05, 4.69) is 43.6 Å². The maximum atomic E-state index is 12.2. The van der Waals surface area contributed by atoms with Crippen molar-refractivity contribution < 1.29 is 4.79 Å². The maximum Gasteiger partial charge on any atom is 0.174 e. The standard InChI is InChI=1S/C14H21BrOS/c1-9(8-14(3,4)5)6-12(16)13-11(15)7-10(2)17-13/h7,9H,6,8H2,1-5H3. The zero-order valence-corrected chi connectivity index (χ0v) is 13.7. The third-order valence-corrected chi connectivity index (χ3v) is 4.54. The Morgan fingerprint density at radius 1 is 1.47 bits per heavy atom. The maximum absolute atomic E-state index is 12.2. The van der Waals surface area contributed by atoms with E-state index in [1.165, 1.54) is 4.88 Å². The summed E-state index contributed by atoms with van der Waals surface area (Å²) in [7, 11) is 0. The van der Waals surface area contributed by atoms with Crippen LogP contribution in [0, 0.1) is 18.3 Å². The van der Waals surface area contributed by atoms with Gasteiger partial charge in [0, 0.05) is 15.8 Å². The molecule has 0 aliphatic heterocycles. The van der Waals surface area contributed by atoms with Gasteiger partial charge in [0.1, 0.15) is 0 Å². The van der Waals surface area contributed by atoms with Crippen molar-refractivity contribution >= 4 is 33.0 Å². The summed E-state index contributed by atoms with van der Waals surface area (Å²) in [5, 5.41) is 0. The molecule has 0 saturated carbocycles. The molecule has 0 radical (unpaired) electrons. The highest BCUT2D eigenvalue weighted by molar-refractivity contribution is 9.10. The first-order valence-corrected chi connectivity index (χ1v) is 7.59. The fourth-order valence-corrected chi connectivity index (χ4v) is 4.01. The molecule has 0 amide bonds. The van der Waals surface area contributed by atoms with E-state index in [0.29, 0.717) is 17.8 Å². The lowest BCUT2D eigenvalue weighted by Gasteiger charge is -2.22. The van der Waals surface area contributed by atoms with Gasteiger partial charge < -0.3 is 0 Å². The number of carbonyl (C=O) groups excluding carboxylic acids is 1. The molecular weight excluding hydrogens is 296 g/mol. The molecule has 0 fully saturated rings. The van der Waals surface area contributed by atoms with Crippen molar-refractivity contribution in [1.29, 1.82) is 0 Å². The highest BCUT2D eigenvalue weighted by atomic mass is 79.9. The van der Waals surface area contributed by atoms with Gasteiger partial charge in [-0.05, 0) is 46.7 Å². The van der Waals surface area contributed by atoms with Gasteiger partial charge in [-0.2, -0.15) is 0 Å². The van der Waals surface area contributed by atoms with Gasteiger partial charge in [0.25, 0.3) is 0 Å². The first kappa shape index (κ1) is 14.9. The third kappa shape index (κ3) is 4.92. The minimum absolute atomic E-state index is 0.270. The molecule has 1 unspecified atom stereocenters. The summed E-state index contributed by atoms with van der Waals surface area (Å²) < 4.78 is 0.952. The second kappa shape index (κ2) is 5.66. The van der Waals surface area contributed by atoms with Crippen molar-refractivity contribution in [2.24, 2.45) is 11.3 Å². The summed E-state index contributed by atoms with van der Waals surface area (Å²) in [4.78, 5) is 14.2. The Hall–Kier alpha value is -0.150. The van der Waals surface area contributed by atoms with Crippen molar-refractivity contribution in [3.63, 3.8) is 0 Å². The average Bonchev–Trinajstić information content (AvgIpc) is 2.41. The van der Waals surface area contributed by atoms with Crippen molar-refractivity contribution in [2.45, 2.75) is 47.5 Å². The molecule has 1 nitrogen and oxygen atoms in total. The van der Waals surface area contributed by atoms with Crippen LogP contribution in [0.1, 0.15) is 55.1 Å². The van der Waals surface area contributed by atoms with E-state index in [4.69, 9.17) is 0 Å². The van der Waals surface area contributed by atoms with E-state index in [0.717, 1.165) is 15.8 Å². The summed E-state index contributed by atoms with van der Waals surface area (Å²) in [6, 6.07) is 2.02. The smallest absolute Gasteiger partial charge is 0.174 e. The van der Waals surface area contributed by atoms with Crippen LogP contribution >= 0.6 is 27.3 Å². The van der Waals surface area contributed by atoms with Gasteiger partial charge in [0.05, 0.1) is 4.88 Å². The minimum atomic E-state index is 0.270. The van der Waals surface area contributed by atoms with Crippen molar-refractivity contribution in [1.82, 2.24) is 0 Å². The number of thiophene rings is 1. The zero-order chi connectivity index (χ0) is 13.2. The van der Waals surface area contributed by atoms with Gasteiger partial charge in [-0.3, -0.25) is 4.79 Å². The number of aryl methyl sites for hydroxylation is 1. The highest BCUT2D eigenvalue weighted by Crippen LogP contribution is 2.31. The van der Waals surface area contributed by atoms with Crippen LogP contribution in [0.4, 0.5) is 0 Å². The fraction of sp³-hybridized carbons (Fsp3) is 0.643. The fourth-order valence-electron chi connectivity index (χ4n) is 2.20. The predicted octanol–water partition coefficient (Wildman–Crippen LogP) is 5.46.